The third kappa shape index (κ3) is 3.25. The van der Waals surface area contributed by atoms with Gasteiger partial charge in [0.05, 0.1) is 0 Å². The molecule has 2 N–H and O–H groups in total. The summed E-state index contributed by atoms with van der Waals surface area (Å²) in [4.78, 5) is 23.6. The molecule has 0 bridgehead atoms. The highest BCUT2D eigenvalue weighted by atomic mass is 79.9. The molecule has 7 heteroatoms. The maximum atomic E-state index is 11.8. The molecular weight excluding hydrogens is 380 g/mol. The van der Waals surface area contributed by atoms with Gasteiger partial charge in [-0.2, -0.15) is 0 Å². The second kappa shape index (κ2) is 6.10. The number of carbonyl (C=O) groups is 2. The molecule has 2 amide bonds. The lowest BCUT2D eigenvalue weighted by atomic mass is 10.1. The molecule has 0 unspecified atom stereocenters. The van der Waals surface area contributed by atoms with Crippen LogP contribution < -0.4 is 10.6 Å². The van der Waals surface area contributed by atoms with Crippen molar-refractivity contribution in [2.45, 2.75) is 6.92 Å². The Balaban J connectivity index is 1.95. The Labute approximate surface area is 145 Å². The molecule has 2 heterocycles. The van der Waals surface area contributed by atoms with Gasteiger partial charge < -0.3 is 4.42 Å². The number of hydrogen-bond donors (Lipinski definition) is 2. The fraction of sp³-hybridized carbons (Fsp3) is 0.0625. The molecule has 5 nitrogen and oxygen atoms in total. The first-order valence-electron chi connectivity index (χ1n) is 6.69. The topological polar surface area (TPSA) is 71.3 Å². The zero-order chi connectivity index (χ0) is 16.6. The third-order valence-corrected chi connectivity index (χ3v) is 4.14. The Kier molecular flexibility index (Phi) is 4.14. The molecular formula is C16H11BrN2O3S. The van der Waals surface area contributed by atoms with E-state index in [0.717, 1.165) is 15.6 Å². The van der Waals surface area contributed by atoms with Crippen LogP contribution in [0.1, 0.15) is 11.3 Å². The van der Waals surface area contributed by atoms with Crippen LogP contribution in [0.3, 0.4) is 0 Å². The lowest BCUT2D eigenvalue weighted by Crippen LogP contribution is -2.51. The van der Waals surface area contributed by atoms with Crippen LogP contribution in [0, 0.1) is 6.92 Å². The summed E-state index contributed by atoms with van der Waals surface area (Å²) in [6.45, 7) is 1.99. The van der Waals surface area contributed by atoms with Crippen molar-refractivity contribution in [3.63, 3.8) is 0 Å². The standard InChI is InChI=1S/C16H11BrN2O3S/c1-8-2-4-12(17)10(6-8)13-5-3-9(22-13)7-11-14(20)18-16(23)19-15(11)21/h2-7H,1H3,(H2,18,19,20,21,23). The van der Waals surface area contributed by atoms with E-state index in [-0.39, 0.29) is 10.7 Å². The summed E-state index contributed by atoms with van der Waals surface area (Å²) in [6.07, 6.45) is 1.39. The molecule has 1 aromatic carbocycles. The normalized spacial score (nSPS) is 14.5. The van der Waals surface area contributed by atoms with Gasteiger partial charge in [0.15, 0.2) is 5.11 Å². The molecule has 1 aromatic heterocycles. The number of rotatable bonds is 2. The number of hydrogen-bond acceptors (Lipinski definition) is 4. The first-order chi connectivity index (χ1) is 10.9. The van der Waals surface area contributed by atoms with E-state index >= 15 is 0 Å². The van der Waals surface area contributed by atoms with Crippen molar-refractivity contribution in [2.75, 3.05) is 0 Å². The van der Waals surface area contributed by atoms with E-state index in [9.17, 15) is 9.59 Å². The van der Waals surface area contributed by atoms with Crippen molar-refractivity contribution in [1.29, 1.82) is 0 Å². The molecule has 1 aliphatic heterocycles. The smallest absolute Gasteiger partial charge is 0.263 e. The second-order valence-corrected chi connectivity index (χ2v) is 6.24. The number of furan rings is 1. The van der Waals surface area contributed by atoms with Gasteiger partial charge in [-0.3, -0.25) is 20.2 Å². The highest BCUT2D eigenvalue weighted by Gasteiger charge is 2.26. The fourth-order valence-corrected chi connectivity index (χ4v) is 2.78. The number of nitrogens with one attached hydrogen (secondary N) is 2. The third-order valence-electron chi connectivity index (χ3n) is 3.24. The molecule has 1 aliphatic rings. The summed E-state index contributed by atoms with van der Waals surface area (Å²) < 4.78 is 6.63. The average molecular weight is 391 g/mol. The minimum Gasteiger partial charge on any atom is -0.457 e. The van der Waals surface area contributed by atoms with E-state index in [1.54, 1.807) is 12.1 Å². The van der Waals surface area contributed by atoms with Crippen molar-refractivity contribution in [2.24, 2.45) is 0 Å². The van der Waals surface area contributed by atoms with Gasteiger partial charge in [-0.1, -0.05) is 27.6 Å². The lowest BCUT2D eigenvalue weighted by Gasteiger charge is -2.15. The number of halogens is 1. The molecule has 116 valence electrons. The van der Waals surface area contributed by atoms with Gasteiger partial charge in [0, 0.05) is 10.0 Å². The van der Waals surface area contributed by atoms with Crippen LogP contribution in [0.4, 0.5) is 0 Å². The van der Waals surface area contributed by atoms with Crippen molar-refractivity contribution in [3.05, 3.63) is 51.7 Å². The Morgan fingerprint density at radius 1 is 1.13 bits per heavy atom. The molecule has 1 saturated heterocycles. The van der Waals surface area contributed by atoms with Crippen LogP contribution in [0.2, 0.25) is 0 Å². The van der Waals surface area contributed by atoms with Crippen molar-refractivity contribution in [1.82, 2.24) is 10.6 Å². The number of benzene rings is 1. The zero-order valence-electron chi connectivity index (χ0n) is 12.0. The van der Waals surface area contributed by atoms with Gasteiger partial charge in [0.25, 0.3) is 11.8 Å². The van der Waals surface area contributed by atoms with Crippen molar-refractivity contribution in [3.8, 4) is 11.3 Å². The fourth-order valence-electron chi connectivity index (χ4n) is 2.15. The summed E-state index contributed by atoms with van der Waals surface area (Å²) >= 11 is 8.23. The number of thiocarbonyl (C=S) groups is 1. The zero-order valence-corrected chi connectivity index (χ0v) is 14.4. The highest BCUT2D eigenvalue weighted by Crippen LogP contribution is 2.31. The average Bonchev–Trinajstić information content (AvgIpc) is 2.94. The minimum absolute atomic E-state index is 0.000903. The van der Waals surface area contributed by atoms with Crippen LogP contribution in [0.15, 0.2) is 44.8 Å². The summed E-state index contributed by atoms with van der Waals surface area (Å²) in [5.74, 6) is -0.0528. The van der Waals surface area contributed by atoms with Gasteiger partial charge in [-0.25, -0.2) is 0 Å². The van der Waals surface area contributed by atoms with E-state index in [0.29, 0.717) is 11.5 Å². The Bertz CT molecular complexity index is 848. The minimum atomic E-state index is -0.548. The molecule has 0 atom stereocenters. The predicted octanol–water partition coefficient (Wildman–Crippen LogP) is 2.93. The SMILES string of the molecule is Cc1ccc(Br)c(-c2ccc(C=C3C(=O)NC(=S)NC3=O)o2)c1. The summed E-state index contributed by atoms with van der Waals surface area (Å²) in [5, 5.41) is 4.76. The molecule has 3 rings (SSSR count). The van der Waals surface area contributed by atoms with Crippen LogP contribution in [-0.2, 0) is 9.59 Å². The van der Waals surface area contributed by atoms with Gasteiger partial charge in [-0.05, 0) is 49.5 Å². The van der Waals surface area contributed by atoms with E-state index < -0.39 is 11.8 Å². The number of carbonyl (C=O) groups excluding carboxylic acids is 2. The lowest BCUT2D eigenvalue weighted by molar-refractivity contribution is -0.123. The van der Waals surface area contributed by atoms with Crippen LogP contribution in [-0.4, -0.2) is 16.9 Å². The van der Waals surface area contributed by atoms with Crippen LogP contribution in [0.25, 0.3) is 17.4 Å². The molecule has 0 saturated carbocycles. The maximum absolute atomic E-state index is 11.8. The second-order valence-electron chi connectivity index (χ2n) is 4.98. The van der Waals surface area contributed by atoms with Crippen molar-refractivity contribution < 1.29 is 14.0 Å². The monoisotopic (exact) mass is 390 g/mol. The maximum Gasteiger partial charge on any atom is 0.263 e. The summed E-state index contributed by atoms with van der Waals surface area (Å²) in [6, 6.07) is 9.39. The molecule has 0 aliphatic carbocycles. The van der Waals surface area contributed by atoms with Crippen LogP contribution >= 0.6 is 28.1 Å². The summed E-state index contributed by atoms with van der Waals surface area (Å²) in [7, 11) is 0. The largest absolute Gasteiger partial charge is 0.457 e. The van der Waals surface area contributed by atoms with Gasteiger partial charge in [0.1, 0.15) is 17.1 Å². The van der Waals surface area contributed by atoms with Gasteiger partial charge >= 0.3 is 0 Å². The first-order valence-corrected chi connectivity index (χ1v) is 7.89. The molecule has 1 fully saturated rings. The van der Waals surface area contributed by atoms with Crippen LogP contribution in [0.5, 0.6) is 0 Å². The number of amides is 2. The summed E-state index contributed by atoms with van der Waals surface area (Å²) in [5.41, 5.74) is 1.94. The van der Waals surface area contributed by atoms with E-state index in [4.69, 9.17) is 16.6 Å². The predicted molar refractivity (Wildman–Crippen MR) is 93.4 cm³/mol. The van der Waals surface area contributed by atoms with Crippen molar-refractivity contribution >= 4 is 51.2 Å². The number of aryl methyl sites for hydroxylation is 1. The quantitative estimate of drug-likeness (QED) is 0.469. The Morgan fingerprint density at radius 2 is 1.83 bits per heavy atom. The molecule has 23 heavy (non-hydrogen) atoms. The van der Waals surface area contributed by atoms with Gasteiger partial charge in [-0.15, -0.1) is 0 Å². The Hall–Kier alpha value is -2.25. The van der Waals surface area contributed by atoms with E-state index in [1.807, 2.05) is 25.1 Å². The van der Waals surface area contributed by atoms with Gasteiger partial charge in [0.2, 0.25) is 0 Å². The Morgan fingerprint density at radius 3 is 2.52 bits per heavy atom. The van der Waals surface area contributed by atoms with E-state index in [2.05, 4.69) is 26.6 Å². The highest BCUT2D eigenvalue weighted by molar-refractivity contribution is 9.10. The first kappa shape index (κ1) is 15.6. The molecule has 0 spiro atoms. The molecule has 0 radical (unpaired) electrons. The molecule has 2 aromatic rings. The van der Waals surface area contributed by atoms with E-state index in [1.165, 1.54) is 6.08 Å².